The largest absolute Gasteiger partial charge is 0.383 e. The minimum Gasteiger partial charge on any atom is -0.383 e. The summed E-state index contributed by atoms with van der Waals surface area (Å²) in [6.07, 6.45) is 2.47. The van der Waals surface area contributed by atoms with Gasteiger partial charge in [-0.1, -0.05) is 19.1 Å². The Morgan fingerprint density at radius 1 is 1.26 bits per heavy atom. The van der Waals surface area contributed by atoms with Crippen LogP contribution in [0.4, 0.5) is 0 Å². The van der Waals surface area contributed by atoms with Gasteiger partial charge >= 0.3 is 0 Å². The standard InChI is InChI=1S/C18H19N3O2/c1-3-16(12-23-2)21-18(22)14-6-4-13(5-7-14)15-8-9-17(10-19)20-11-15/h4-9,11,16H,3,12H2,1-2H3,(H,21,22). The number of hydrogen-bond acceptors (Lipinski definition) is 4. The minimum atomic E-state index is -0.113. The van der Waals surface area contributed by atoms with Crippen LogP contribution in [0.3, 0.4) is 0 Å². The summed E-state index contributed by atoms with van der Waals surface area (Å²) in [7, 11) is 1.62. The van der Waals surface area contributed by atoms with E-state index in [1.165, 1.54) is 0 Å². The Labute approximate surface area is 135 Å². The van der Waals surface area contributed by atoms with E-state index in [9.17, 15) is 4.79 Å². The van der Waals surface area contributed by atoms with Gasteiger partial charge in [-0.3, -0.25) is 4.79 Å². The van der Waals surface area contributed by atoms with Gasteiger partial charge in [0.15, 0.2) is 0 Å². The molecule has 1 unspecified atom stereocenters. The van der Waals surface area contributed by atoms with Crippen molar-refractivity contribution in [2.24, 2.45) is 0 Å². The van der Waals surface area contributed by atoms with E-state index in [1.54, 1.807) is 31.5 Å². The third kappa shape index (κ3) is 4.38. The highest BCUT2D eigenvalue weighted by Gasteiger charge is 2.12. The van der Waals surface area contributed by atoms with E-state index in [0.717, 1.165) is 17.5 Å². The Hall–Kier alpha value is -2.71. The molecular formula is C18H19N3O2. The minimum absolute atomic E-state index is 0.00917. The van der Waals surface area contributed by atoms with Gasteiger partial charge in [-0.25, -0.2) is 4.98 Å². The molecule has 1 heterocycles. The third-order valence-electron chi connectivity index (χ3n) is 3.55. The van der Waals surface area contributed by atoms with Crippen molar-refractivity contribution >= 4 is 5.91 Å². The molecule has 5 nitrogen and oxygen atoms in total. The molecule has 2 aromatic rings. The van der Waals surface area contributed by atoms with E-state index in [1.807, 2.05) is 31.2 Å². The summed E-state index contributed by atoms with van der Waals surface area (Å²) < 4.78 is 5.08. The average Bonchev–Trinajstić information content (AvgIpc) is 2.61. The lowest BCUT2D eigenvalue weighted by molar-refractivity contribution is 0.0894. The second kappa shape index (κ2) is 8.06. The number of nitriles is 1. The molecule has 0 bridgehead atoms. The van der Waals surface area contributed by atoms with Crippen molar-refractivity contribution in [2.75, 3.05) is 13.7 Å². The van der Waals surface area contributed by atoms with Crippen LogP contribution in [0.2, 0.25) is 0 Å². The summed E-state index contributed by atoms with van der Waals surface area (Å²) in [5, 5.41) is 11.7. The fourth-order valence-corrected chi connectivity index (χ4v) is 2.18. The number of pyridine rings is 1. The number of ether oxygens (including phenoxy) is 1. The van der Waals surface area contributed by atoms with Gasteiger partial charge in [-0.15, -0.1) is 0 Å². The zero-order valence-electron chi connectivity index (χ0n) is 13.2. The van der Waals surface area contributed by atoms with Gasteiger partial charge in [-0.2, -0.15) is 5.26 Å². The van der Waals surface area contributed by atoms with Crippen molar-refractivity contribution in [3.8, 4) is 17.2 Å². The fraction of sp³-hybridized carbons (Fsp3) is 0.278. The van der Waals surface area contributed by atoms with Crippen LogP contribution in [0.25, 0.3) is 11.1 Å². The van der Waals surface area contributed by atoms with Crippen LogP contribution in [0.5, 0.6) is 0 Å². The van der Waals surface area contributed by atoms with E-state index in [2.05, 4.69) is 10.3 Å². The van der Waals surface area contributed by atoms with Gasteiger partial charge in [0.25, 0.3) is 5.91 Å². The molecule has 118 valence electrons. The number of methoxy groups -OCH3 is 1. The number of nitrogens with one attached hydrogen (secondary N) is 1. The van der Waals surface area contributed by atoms with Crippen LogP contribution in [0, 0.1) is 11.3 Å². The van der Waals surface area contributed by atoms with Crippen LogP contribution in [-0.2, 0) is 4.74 Å². The fourth-order valence-electron chi connectivity index (χ4n) is 2.18. The smallest absolute Gasteiger partial charge is 0.251 e. The molecule has 2 rings (SSSR count). The molecule has 1 amide bonds. The molecule has 0 radical (unpaired) electrons. The number of carbonyl (C=O) groups is 1. The molecule has 0 spiro atoms. The Kier molecular flexibility index (Phi) is 5.84. The van der Waals surface area contributed by atoms with Gasteiger partial charge in [0.2, 0.25) is 0 Å². The molecule has 5 heteroatoms. The second-order valence-corrected chi connectivity index (χ2v) is 5.16. The Balaban J connectivity index is 2.09. The van der Waals surface area contributed by atoms with E-state index in [4.69, 9.17) is 10.00 Å². The average molecular weight is 309 g/mol. The van der Waals surface area contributed by atoms with Crippen molar-refractivity contribution in [2.45, 2.75) is 19.4 Å². The molecule has 0 aliphatic heterocycles. The molecule has 23 heavy (non-hydrogen) atoms. The first-order chi connectivity index (χ1) is 11.2. The van der Waals surface area contributed by atoms with Crippen LogP contribution < -0.4 is 5.32 Å². The van der Waals surface area contributed by atoms with Crippen molar-refractivity contribution < 1.29 is 9.53 Å². The van der Waals surface area contributed by atoms with E-state index in [0.29, 0.717) is 17.9 Å². The first-order valence-corrected chi connectivity index (χ1v) is 7.44. The quantitative estimate of drug-likeness (QED) is 0.890. The van der Waals surface area contributed by atoms with Crippen molar-refractivity contribution in [3.05, 3.63) is 53.9 Å². The SMILES string of the molecule is CCC(COC)NC(=O)c1ccc(-c2ccc(C#N)nc2)cc1. The van der Waals surface area contributed by atoms with Gasteiger partial charge in [0.05, 0.1) is 12.6 Å². The number of nitrogens with zero attached hydrogens (tertiary/aromatic N) is 2. The molecule has 0 saturated carbocycles. The lowest BCUT2D eigenvalue weighted by Gasteiger charge is -2.16. The first kappa shape index (κ1) is 16.7. The maximum Gasteiger partial charge on any atom is 0.251 e. The van der Waals surface area contributed by atoms with Gasteiger partial charge in [0.1, 0.15) is 11.8 Å². The summed E-state index contributed by atoms with van der Waals surface area (Å²) in [5.74, 6) is -0.113. The molecule has 0 aliphatic carbocycles. The molecule has 0 saturated heterocycles. The molecular weight excluding hydrogens is 290 g/mol. The number of benzene rings is 1. The lowest BCUT2D eigenvalue weighted by Crippen LogP contribution is -2.37. The highest BCUT2D eigenvalue weighted by Crippen LogP contribution is 2.19. The lowest BCUT2D eigenvalue weighted by atomic mass is 10.0. The second-order valence-electron chi connectivity index (χ2n) is 5.16. The maximum atomic E-state index is 12.2. The summed E-state index contributed by atoms with van der Waals surface area (Å²) in [5.41, 5.74) is 2.84. The predicted octanol–water partition coefficient (Wildman–Crippen LogP) is 2.78. The number of carbonyl (C=O) groups excluding carboxylic acids is 1. The first-order valence-electron chi connectivity index (χ1n) is 7.44. The van der Waals surface area contributed by atoms with Crippen LogP contribution in [0.1, 0.15) is 29.4 Å². The maximum absolute atomic E-state index is 12.2. The normalized spacial score (nSPS) is 11.5. The Morgan fingerprint density at radius 2 is 1.96 bits per heavy atom. The van der Waals surface area contributed by atoms with Crippen molar-refractivity contribution in [1.82, 2.24) is 10.3 Å². The number of rotatable bonds is 6. The molecule has 0 fully saturated rings. The van der Waals surface area contributed by atoms with Gasteiger partial charge < -0.3 is 10.1 Å². The number of aromatic nitrogens is 1. The monoisotopic (exact) mass is 309 g/mol. The summed E-state index contributed by atoms with van der Waals surface area (Å²) in [4.78, 5) is 16.3. The zero-order chi connectivity index (χ0) is 16.7. The predicted molar refractivity (Wildman–Crippen MR) is 87.8 cm³/mol. The summed E-state index contributed by atoms with van der Waals surface area (Å²) in [6, 6.07) is 12.8. The molecule has 1 aromatic heterocycles. The zero-order valence-corrected chi connectivity index (χ0v) is 13.2. The van der Waals surface area contributed by atoms with Crippen molar-refractivity contribution in [1.29, 1.82) is 5.26 Å². The molecule has 0 aliphatic rings. The topological polar surface area (TPSA) is 75.0 Å². The third-order valence-corrected chi connectivity index (χ3v) is 3.55. The van der Waals surface area contributed by atoms with Crippen molar-refractivity contribution in [3.63, 3.8) is 0 Å². The van der Waals surface area contributed by atoms with E-state index in [-0.39, 0.29) is 11.9 Å². The molecule has 1 N–H and O–H groups in total. The number of hydrogen-bond donors (Lipinski definition) is 1. The Bertz CT molecular complexity index is 688. The molecule has 1 atom stereocenters. The van der Waals surface area contributed by atoms with Crippen LogP contribution >= 0.6 is 0 Å². The van der Waals surface area contributed by atoms with E-state index < -0.39 is 0 Å². The van der Waals surface area contributed by atoms with Gasteiger partial charge in [0, 0.05) is 24.4 Å². The van der Waals surface area contributed by atoms with Gasteiger partial charge in [-0.05, 0) is 36.2 Å². The molecule has 1 aromatic carbocycles. The van der Waals surface area contributed by atoms with E-state index >= 15 is 0 Å². The highest BCUT2D eigenvalue weighted by atomic mass is 16.5. The number of amides is 1. The highest BCUT2D eigenvalue weighted by molar-refractivity contribution is 5.94. The van der Waals surface area contributed by atoms with Crippen LogP contribution in [-0.4, -0.2) is 30.6 Å². The summed E-state index contributed by atoms with van der Waals surface area (Å²) in [6.45, 7) is 2.50. The Morgan fingerprint density at radius 3 is 2.48 bits per heavy atom. The summed E-state index contributed by atoms with van der Waals surface area (Å²) >= 11 is 0. The van der Waals surface area contributed by atoms with Crippen LogP contribution in [0.15, 0.2) is 42.6 Å².